The molecule has 1 fully saturated rings. The number of anilines is 1. The van der Waals surface area contributed by atoms with Gasteiger partial charge in [0.1, 0.15) is 11.6 Å². The van der Waals surface area contributed by atoms with Crippen LogP contribution in [0, 0.1) is 17.6 Å². The fourth-order valence-corrected chi connectivity index (χ4v) is 3.08. The highest BCUT2D eigenvalue weighted by Crippen LogP contribution is 2.30. The highest BCUT2D eigenvalue weighted by molar-refractivity contribution is 9.10. The molecule has 112 valence electrons. The molecule has 1 heterocycles. The molecule has 0 bridgehead atoms. The number of rotatable bonds is 4. The standard InChI is InChI=1S/C15H21BrF2N2/c1-3-5-19-14-4-6-20(9-10(14)2)15-7-11(16)12(17)8-13(15)18/h7-8,10,14,19H,3-6,9H2,1-2H3. The summed E-state index contributed by atoms with van der Waals surface area (Å²) in [7, 11) is 0. The van der Waals surface area contributed by atoms with E-state index in [-0.39, 0.29) is 0 Å². The van der Waals surface area contributed by atoms with Crippen molar-refractivity contribution in [1.82, 2.24) is 5.32 Å². The van der Waals surface area contributed by atoms with Crippen molar-refractivity contribution in [2.24, 2.45) is 5.92 Å². The van der Waals surface area contributed by atoms with Crippen LogP contribution in [-0.2, 0) is 0 Å². The first-order valence-corrected chi connectivity index (χ1v) is 7.95. The molecule has 1 N–H and O–H groups in total. The number of halogens is 3. The molecule has 2 atom stereocenters. The third-order valence-electron chi connectivity index (χ3n) is 3.89. The molecule has 0 saturated carbocycles. The lowest BCUT2D eigenvalue weighted by Gasteiger charge is -2.39. The normalized spacial score (nSPS) is 23.1. The molecule has 0 spiro atoms. The van der Waals surface area contributed by atoms with Crippen molar-refractivity contribution >= 4 is 21.6 Å². The maximum atomic E-state index is 13.9. The lowest BCUT2D eigenvalue weighted by atomic mass is 9.93. The van der Waals surface area contributed by atoms with Gasteiger partial charge in [-0.15, -0.1) is 0 Å². The van der Waals surface area contributed by atoms with Gasteiger partial charge in [0.15, 0.2) is 0 Å². The van der Waals surface area contributed by atoms with E-state index in [1.165, 1.54) is 6.07 Å². The lowest BCUT2D eigenvalue weighted by Crippen LogP contribution is -2.48. The van der Waals surface area contributed by atoms with Crippen molar-refractivity contribution in [1.29, 1.82) is 0 Å². The fourth-order valence-electron chi connectivity index (χ4n) is 2.75. The third kappa shape index (κ3) is 3.50. The first-order chi connectivity index (χ1) is 9.52. The third-order valence-corrected chi connectivity index (χ3v) is 4.50. The maximum absolute atomic E-state index is 13.9. The van der Waals surface area contributed by atoms with E-state index in [2.05, 4.69) is 35.1 Å². The maximum Gasteiger partial charge on any atom is 0.149 e. The van der Waals surface area contributed by atoms with Gasteiger partial charge in [-0.25, -0.2) is 8.78 Å². The Hall–Kier alpha value is -0.680. The summed E-state index contributed by atoms with van der Waals surface area (Å²) in [6.07, 6.45) is 2.10. The van der Waals surface area contributed by atoms with Crippen LogP contribution in [0.1, 0.15) is 26.7 Å². The highest BCUT2D eigenvalue weighted by Gasteiger charge is 2.27. The monoisotopic (exact) mass is 346 g/mol. The van der Waals surface area contributed by atoms with E-state index in [1.54, 1.807) is 0 Å². The number of nitrogens with zero attached hydrogens (tertiary/aromatic N) is 1. The first kappa shape index (κ1) is 15.7. The largest absolute Gasteiger partial charge is 0.369 e. The van der Waals surface area contributed by atoms with Gasteiger partial charge in [0.2, 0.25) is 0 Å². The zero-order chi connectivity index (χ0) is 14.7. The Labute approximate surface area is 127 Å². The van der Waals surface area contributed by atoms with Crippen LogP contribution in [0.4, 0.5) is 14.5 Å². The smallest absolute Gasteiger partial charge is 0.149 e. The molecule has 5 heteroatoms. The second-order valence-corrected chi connectivity index (χ2v) is 6.34. The Balaban J connectivity index is 2.07. The van der Waals surface area contributed by atoms with Crippen molar-refractivity contribution in [3.63, 3.8) is 0 Å². The lowest BCUT2D eigenvalue weighted by molar-refractivity contribution is 0.321. The molecule has 0 radical (unpaired) electrons. The van der Waals surface area contributed by atoms with Gasteiger partial charge < -0.3 is 10.2 Å². The average molecular weight is 347 g/mol. The molecule has 1 aromatic rings. The Morgan fingerprint density at radius 1 is 1.35 bits per heavy atom. The molecular formula is C15H21BrF2N2. The van der Waals surface area contributed by atoms with E-state index in [9.17, 15) is 8.78 Å². The Bertz CT molecular complexity index is 467. The minimum atomic E-state index is -0.557. The van der Waals surface area contributed by atoms with Gasteiger partial charge in [-0.2, -0.15) is 0 Å². The zero-order valence-corrected chi connectivity index (χ0v) is 13.5. The van der Waals surface area contributed by atoms with Crippen LogP contribution in [0.25, 0.3) is 0 Å². The second kappa shape index (κ2) is 6.85. The van der Waals surface area contributed by atoms with Crippen molar-refractivity contribution in [3.05, 3.63) is 28.2 Å². The van der Waals surface area contributed by atoms with E-state index < -0.39 is 11.6 Å². The summed E-state index contributed by atoms with van der Waals surface area (Å²) >= 11 is 3.13. The minimum Gasteiger partial charge on any atom is -0.369 e. The molecule has 1 saturated heterocycles. The van der Waals surface area contributed by atoms with Gasteiger partial charge in [0.05, 0.1) is 10.2 Å². The van der Waals surface area contributed by atoms with Crippen LogP contribution >= 0.6 is 15.9 Å². The van der Waals surface area contributed by atoms with E-state index >= 15 is 0 Å². The first-order valence-electron chi connectivity index (χ1n) is 7.15. The minimum absolute atomic E-state index is 0.313. The summed E-state index contributed by atoms with van der Waals surface area (Å²) in [5, 5.41) is 3.54. The average Bonchev–Trinajstić information content (AvgIpc) is 2.41. The Morgan fingerprint density at radius 2 is 2.10 bits per heavy atom. The fraction of sp³-hybridized carbons (Fsp3) is 0.600. The van der Waals surface area contributed by atoms with Crippen molar-refractivity contribution in [3.8, 4) is 0 Å². The predicted octanol–water partition coefficient (Wildman–Crippen LogP) is 3.94. The SMILES string of the molecule is CCCNC1CCN(c2cc(Br)c(F)cc2F)CC1C. The van der Waals surface area contributed by atoms with Crippen LogP contribution in [0.5, 0.6) is 0 Å². The summed E-state index contributed by atoms with van der Waals surface area (Å²) in [5.41, 5.74) is 0.485. The van der Waals surface area contributed by atoms with Gasteiger partial charge in [-0.3, -0.25) is 0 Å². The molecule has 0 aliphatic carbocycles. The number of hydrogen-bond donors (Lipinski definition) is 1. The van der Waals surface area contributed by atoms with Crippen molar-refractivity contribution < 1.29 is 8.78 Å². The summed E-state index contributed by atoms with van der Waals surface area (Å²) in [6, 6.07) is 2.97. The quantitative estimate of drug-likeness (QED) is 0.830. The highest BCUT2D eigenvalue weighted by atomic mass is 79.9. The molecule has 0 aromatic heterocycles. The zero-order valence-electron chi connectivity index (χ0n) is 11.9. The van der Waals surface area contributed by atoms with E-state index in [0.29, 0.717) is 22.1 Å². The molecule has 1 aromatic carbocycles. The summed E-state index contributed by atoms with van der Waals surface area (Å²) in [4.78, 5) is 2.01. The Kier molecular flexibility index (Phi) is 5.38. The molecule has 2 rings (SSSR count). The Morgan fingerprint density at radius 3 is 2.75 bits per heavy atom. The van der Waals surface area contributed by atoms with E-state index in [0.717, 1.165) is 38.5 Å². The van der Waals surface area contributed by atoms with Crippen LogP contribution in [0.3, 0.4) is 0 Å². The van der Waals surface area contributed by atoms with Gasteiger partial charge in [0, 0.05) is 25.2 Å². The molecule has 0 amide bonds. The number of hydrogen-bond acceptors (Lipinski definition) is 2. The molecule has 1 aliphatic heterocycles. The molecule has 20 heavy (non-hydrogen) atoms. The topological polar surface area (TPSA) is 15.3 Å². The number of benzene rings is 1. The van der Waals surface area contributed by atoms with E-state index in [1.807, 2.05) is 4.90 Å². The van der Waals surface area contributed by atoms with E-state index in [4.69, 9.17) is 0 Å². The number of nitrogens with one attached hydrogen (secondary N) is 1. The van der Waals surface area contributed by atoms with Crippen LogP contribution in [0.15, 0.2) is 16.6 Å². The van der Waals surface area contributed by atoms with Crippen molar-refractivity contribution in [2.75, 3.05) is 24.5 Å². The predicted molar refractivity (Wildman–Crippen MR) is 82.1 cm³/mol. The number of piperidine rings is 1. The van der Waals surface area contributed by atoms with Gasteiger partial charge in [-0.1, -0.05) is 13.8 Å². The van der Waals surface area contributed by atoms with Gasteiger partial charge in [0.25, 0.3) is 0 Å². The molecule has 1 aliphatic rings. The van der Waals surface area contributed by atoms with Crippen molar-refractivity contribution in [2.45, 2.75) is 32.7 Å². The van der Waals surface area contributed by atoms with Crippen LogP contribution in [-0.4, -0.2) is 25.7 Å². The second-order valence-electron chi connectivity index (χ2n) is 5.49. The summed E-state index contributed by atoms with van der Waals surface area (Å²) in [6.45, 7) is 6.93. The van der Waals surface area contributed by atoms with Gasteiger partial charge in [-0.05, 0) is 47.3 Å². The van der Waals surface area contributed by atoms with Crippen LogP contribution in [0.2, 0.25) is 0 Å². The summed E-state index contributed by atoms with van der Waals surface area (Å²) < 4.78 is 27.5. The van der Waals surface area contributed by atoms with Crippen LogP contribution < -0.4 is 10.2 Å². The van der Waals surface area contributed by atoms with Gasteiger partial charge >= 0.3 is 0 Å². The molecular weight excluding hydrogens is 326 g/mol. The summed E-state index contributed by atoms with van der Waals surface area (Å²) in [5.74, 6) is -0.602. The molecule has 2 unspecified atom stereocenters. The molecule has 2 nitrogen and oxygen atoms in total.